The van der Waals surface area contributed by atoms with Crippen molar-refractivity contribution in [3.05, 3.63) is 23.8 Å². The summed E-state index contributed by atoms with van der Waals surface area (Å²) in [6, 6.07) is 6.13. The highest BCUT2D eigenvalue weighted by Crippen LogP contribution is 2.40. The van der Waals surface area contributed by atoms with Gasteiger partial charge in [0, 0.05) is 5.54 Å². The van der Waals surface area contributed by atoms with E-state index in [1.165, 1.54) is 18.2 Å². The highest BCUT2D eigenvalue weighted by Gasteiger charge is 2.40. The number of nitrogen functional groups attached to an aromatic ring is 1. The third kappa shape index (κ3) is 2.88. The van der Waals surface area contributed by atoms with Gasteiger partial charge >= 0.3 is 0 Å². The third-order valence-corrected chi connectivity index (χ3v) is 5.17. The van der Waals surface area contributed by atoms with Gasteiger partial charge in [-0.3, -0.25) is 0 Å². The summed E-state index contributed by atoms with van der Waals surface area (Å²) in [6.07, 6.45) is 2.08. The van der Waals surface area contributed by atoms with Gasteiger partial charge in [0.25, 0.3) is 0 Å². The van der Waals surface area contributed by atoms with Crippen molar-refractivity contribution in [2.45, 2.75) is 37.1 Å². The average Bonchev–Trinajstić information content (AvgIpc) is 3.10. The van der Waals surface area contributed by atoms with Crippen molar-refractivity contribution in [2.75, 3.05) is 5.73 Å². The van der Waals surface area contributed by atoms with Gasteiger partial charge in [0.15, 0.2) is 0 Å². The fourth-order valence-corrected chi connectivity index (χ4v) is 3.74. The third-order valence-electron chi connectivity index (χ3n) is 3.42. The van der Waals surface area contributed by atoms with Gasteiger partial charge in [0.05, 0.1) is 17.3 Å². The van der Waals surface area contributed by atoms with E-state index in [0.29, 0.717) is 11.5 Å². The van der Waals surface area contributed by atoms with Crippen molar-refractivity contribution in [1.29, 1.82) is 5.26 Å². The Labute approximate surface area is 113 Å². The van der Waals surface area contributed by atoms with Crippen LogP contribution in [0.15, 0.2) is 23.1 Å². The first kappa shape index (κ1) is 13.8. The Morgan fingerprint density at radius 2 is 2.05 bits per heavy atom. The van der Waals surface area contributed by atoms with Gasteiger partial charge in [-0.1, -0.05) is 0 Å². The van der Waals surface area contributed by atoms with E-state index >= 15 is 0 Å². The lowest BCUT2D eigenvalue weighted by molar-refractivity contribution is 0.400. The molecule has 1 saturated carbocycles. The smallest absolute Gasteiger partial charge is 0.243 e. The summed E-state index contributed by atoms with van der Waals surface area (Å²) in [4.78, 5) is 0.0280. The molecule has 3 N–H and O–H groups in total. The molecule has 0 bridgehead atoms. The van der Waals surface area contributed by atoms with Crippen molar-refractivity contribution < 1.29 is 8.42 Å². The second-order valence-electron chi connectivity index (χ2n) is 5.47. The molecule has 0 aromatic heterocycles. The van der Waals surface area contributed by atoms with Crippen molar-refractivity contribution in [3.63, 3.8) is 0 Å². The monoisotopic (exact) mass is 279 g/mol. The molecule has 0 unspecified atom stereocenters. The van der Waals surface area contributed by atoms with Crippen LogP contribution < -0.4 is 10.5 Å². The summed E-state index contributed by atoms with van der Waals surface area (Å²) in [5, 5.41) is 8.75. The number of nitrogens with one attached hydrogen (secondary N) is 1. The van der Waals surface area contributed by atoms with Crippen LogP contribution in [0.1, 0.15) is 32.3 Å². The molecule has 0 spiro atoms. The van der Waals surface area contributed by atoms with Crippen LogP contribution in [0.4, 0.5) is 5.69 Å². The minimum atomic E-state index is -3.66. The first-order valence-electron chi connectivity index (χ1n) is 6.10. The zero-order valence-corrected chi connectivity index (χ0v) is 11.8. The minimum Gasteiger partial charge on any atom is -0.398 e. The lowest BCUT2D eigenvalue weighted by atomic mass is 10.0. The highest BCUT2D eigenvalue weighted by molar-refractivity contribution is 7.89. The van der Waals surface area contributed by atoms with Crippen molar-refractivity contribution in [3.8, 4) is 6.07 Å². The Hall–Kier alpha value is -1.58. The average molecular weight is 279 g/mol. The topological polar surface area (TPSA) is 96.0 Å². The number of sulfonamides is 1. The molecule has 1 fully saturated rings. The first-order chi connectivity index (χ1) is 8.76. The first-order valence-corrected chi connectivity index (χ1v) is 7.58. The Bertz CT molecular complexity index is 640. The van der Waals surface area contributed by atoms with Crippen LogP contribution in [0.5, 0.6) is 0 Å². The molecule has 0 atom stereocenters. The van der Waals surface area contributed by atoms with Gasteiger partial charge in [-0.25, -0.2) is 13.1 Å². The van der Waals surface area contributed by atoms with Gasteiger partial charge < -0.3 is 5.73 Å². The molecular weight excluding hydrogens is 262 g/mol. The molecule has 0 saturated heterocycles. The molecule has 102 valence electrons. The van der Waals surface area contributed by atoms with Crippen LogP contribution in [0, 0.1) is 17.2 Å². The molecule has 0 aliphatic heterocycles. The van der Waals surface area contributed by atoms with Crippen LogP contribution in [-0.4, -0.2) is 14.0 Å². The number of rotatable bonds is 4. The Morgan fingerprint density at radius 3 is 2.53 bits per heavy atom. The number of hydrogen-bond acceptors (Lipinski definition) is 4. The van der Waals surface area contributed by atoms with Crippen LogP contribution in [0.2, 0.25) is 0 Å². The SMILES string of the molecule is CC(C)(NS(=O)(=O)c1ccc(C#N)cc1N)C1CC1. The maximum absolute atomic E-state index is 12.3. The summed E-state index contributed by atoms with van der Waals surface area (Å²) in [7, 11) is -3.66. The minimum absolute atomic E-state index is 0.0280. The second-order valence-corrected chi connectivity index (χ2v) is 7.12. The summed E-state index contributed by atoms with van der Waals surface area (Å²) in [5.74, 6) is 0.377. The van der Waals surface area contributed by atoms with Gasteiger partial charge in [-0.2, -0.15) is 5.26 Å². The van der Waals surface area contributed by atoms with Crippen molar-refractivity contribution in [2.24, 2.45) is 5.92 Å². The van der Waals surface area contributed by atoms with Crippen molar-refractivity contribution in [1.82, 2.24) is 4.72 Å². The van der Waals surface area contributed by atoms with Crippen LogP contribution >= 0.6 is 0 Å². The largest absolute Gasteiger partial charge is 0.398 e. The predicted molar refractivity (Wildman–Crippen MR) is 72.7 cm³/mol. The molecule has 1 aromatic rings. The van der Waals surface area contributed by atoms with Crippen LogP contribution in [0.25, 0.3) is 0 Å². The fraction of sp³-hybridized carbons (Fsp3) is 0.462. The molecular formula is C13H17N3O2S. The molecule has 2 rings (SSSR count). The van der Waals surface area contributed by atoms with E-state index < -0.39 is 15.6 Å². The molecule has 6 heteroatoms. The Balaban J connectivity index is 2.32. The summed E-state index contributed by atoms with van der Waals surface area (Å²) < 4.78 is 27.4. The quantitative estimate of drug-likeness (QED) is 0.818. The lowest BCUT2D eigenvalue weighted by Crippen LogP contribution is -2.45. The number of hydrogen-bond donors (Lipinski definition) is 2. The highest BCUT2D eigenvalue weighted by atomic mass is 32.2. The van der Waals surface area contributed by atoms with E-state index in [4.69, 9.17) is 11.0 Å². The Kier molecular flexibility index (Phi) is 3.29. The normalized spacial score (nSPS) is 16.1. The molecule has 5 nitrogen and oxygen atoms in total. The summed E-state index contributed by atoms with van der Waals surface area (Å²) in [5.41, 5.74) is 5.69. The maximum atomic E-state index is 12.3. The molecule has 0 radical (unpaired) electrons. The number of nitrogens with two attached hydrogens (primary N) is 1. The molecule has 0 heterocycles. The summed E-state index contributed by atoms with van der Waals surface area (Å²) >= 11 is 0. The van der Waals surface area contributed by atoms with E-state index in [1.54, 1.807) is 0 Å². The van der Waals surface area contributed by atoms with E-state index in [-0.39, 0.29) is 10.6 Å². The van der Waals surface area contributed by atoms with E-state index in [0.717, 1.165) is 12.8 Å². The van der Waals surface area contributed by atoms with Crippen LogP contribution in [-0.2, 0) is 10.0 Å². The summed E-state index contributed by atoms with van der Waals surface area (Å²) in [6.45, 7) is 3.75. The van der Waals surface area contributed by atoms with Crippen LogP contribution in [0.3, 0.4) is 0 Å². The van der Waals surface area contributed by atoms with E-state index in [9.17, 15) is 8.42 Å². The van der Waals surface area contributed by atoms with Gasteiger partial charge in [-0.05, 0) is 50.8 Å². The molecule has 19 heavy (non-hydrogen) atoms. The zero-order valence-electron chi connectivity index (χ0n) is 11.0. The van der Waals surface area contributed by atoms with E-state index in [2.05, 4.69) is 4.72 Å². The second kappa shape index (κ2) is 4.51. The number of nitriles is 1. The number of nitrogens with zero attached hydrogens (tertiary/aromatic N) is 1. The lowest BCUT2D eigenvalue weighted by Gasteiger charge is -2.26. The Morgan fingerprint density at radius 1 is 1.42 bits per heavy atom. The zero-order chi connectivity index (χ0) is 14.3. The van der Waals surface area contributed by atoms with Gasteiger partial charge in [0.1, 0.15) is 4.90 Å². The predicted octanol–water partition coefficient (Wildman–Crippen LogP) is 1.61. The molecule has 1 aliphatic carbocycles. The number of benzene rings is 1. The van der Waals surface area contributed by atoms with Gasteiger partial charge in [0.2, 0.25) is 10.0 Å². The maximum Gasteiger partial charge on any atom is 0.243 e. The molecule has 1 aromatic carbocycles. The molecule has 0 amide bonds. The molecule has 1 aliphatic rings. The van der Waals surface area contributed by atoms with Crippen molar-refractivity contribution >= 4 is 15.7 Å². The number of anilines is 1. The van der Waals surface area contributed by atoms with E-state index in [1.807, 2.05) is 19.9 Å². The fourth-order valence-electron chi connectivity index (χ4n) is 2.15. The van der Waals surface area contributed by atoms with Gasteiger partial charge in [-0.15, -0.1) is 0 Å². The standard InChI is InChI=1S/C13H17N3O2S/c1-13(2,10-4-5-10)16-19(17,18)12-6-3-9(8-14)7-11(12)15/h3,6-7,10,16H,4-5,15H2,1-2H3.